The van der Waals surface area contributed by atoms with E-state index < -0.39 is 30.2 Å². The lowest BCUT2D eigenvalue weighted by Gasteiger charge is -2.10. The number of hydrogen-bond donors (Lipinski definition) is 2. The molecule has 1 heterocycles. The Morgan fingerprint density at radius 3 is 2.62 bits per heavy atom. The minimum absolute atomic E-state index is 0.274. The highest BCUT2D eigenvalue weighted by Crippen LogP contribution is 2.30. The molecule has 1 aromatic heterocycles. The van der Waals surface area contributed by atoms with Crippen molar-refractivity contribution in [3.05, 3.63) is 17.5 Å². The molecule has 88 valence electrons. The van der Waals surface area contributed by atoms with Crippen molar-refractivity contribution in [2.75, 3.05) is 5.73 Å². The third-order valence-electron chi connectivity index (χ3n) is 1.76. The molecule has 0 unspecified atom stereocenters. The monoisotopic (exact) mass is 235 g/mol. The highest BCUT2D eigenvalue weighted by Gasteiger charge is 2.35. The lowest BCUT2D eigenvalue weighted by atomic mass is 10.1. The molecule has 8 heteroatoms. The molecular formula is C8H8F3N3O2. The van der Waals surface area contributed by atoms with Gasteiger partial charge in [0.2, 0.25) is 5.95 Å². The van der Waals surface area contributed by atoms with Crippen LogP contribution in [-0.4, -0.2) is 21.0 Å². The number of alkyl halides is 3. The number of rotatable bonds is 3. The Kier molecular flexibility index (Phi) is 3.31. The minimum atomic E-state index is -4.66. The Hall–Kier alpha value is -1.86. The summed E-state index contributed by atoms with van der Waals surface area (Å²) in [6.45, 7) is 0. The van der Waals surface area contributed by atoms with E-state index in [4.69, 9.17) is 10.8 Å². The van der Waals surface area contributed by atoms with Gasteiger partial charge < -0.3 is 10.8 Å². The smallest absolute Gasteiger partial charge is 0.433 e. The first-order valence-corrected chi connectivity index (χ1v) is 4.21. The average Bonchev–Trinajstić information content (AvgIpc) is 2.14. The molecule has 1 aromatic rings. The van der Waals surface area contributed by atoms with Gasteiger partial charge in [0.1, 0.15) is 0 Å². The number of nitrogens with zero attached hydrogens (tertiary/aromatic N) is 2. The van der Waals surface area contributed by atoms with Crippen LogP contribution in [-0.2, 0) is 17.4 Å². The standard InChI is InChI=1S/C8H8F3N3O2/c9-8(10,11)6-4(1-2-5(15)16)3-13-7(12)14-6/h3H,1-2H2,(H,15,16)(H2,12,13,14). The molecule has 0 bridgehead atoms. The third-order valence-corrected chi connectivity index (χ3v) is 1.76. The Bertz CT molecular complexity index is 406. The lowest BCUT2D eigenvalue weighted by Crippen LogP contribution is -2.15. The number of carboxylic acid groups (broad SMARTS) is 1. The number of nitrogen functional groups attached to an aromatic ring is 1. The van der Waals surface area contributed by atoms with Crippen LogP contribution in [0, 0.1) is 0 Å². The summed E-state index contributed by atoms with van der Waals surface area (Å²) >= 11 is 0. The molecular weight excluding hydrogens is 227 g/mol. The molecule has 0 aliphatic carbocycles. The van der Waals surface area contributed by atoms with Crippen molar-refractivity contribution in [3.63, 3.8) is 0 Å². The number of carboxylic acids is 1. The van der Waals surface area contributed by atoms with Gasteiger partial charge in [-0.1, -0.05) is 0 Å². The Balaban J connectivity index is 3.03. The van der Waals surface area contributed by atoms with Crippen LogP contribution in [0.1, 0.15) is 17.7 Å². The van der Waals surface area contributed by atoms with Gasteiger partial charge in [0, 0.05) is 18.2 Å². The van der Waals surface area contributed by atoms with Crippen molar-refractivity contribution in [2.24, 2.45) is 0 Å². The zero-order chi connectivity index (χ0) is 12.3. The van der Waals surface area contributed by atoms with Crippen molar-refractivity contribution in [1.29, 1.82) is 0 Å². The molecule has 5 nitrogen and oxygen atoms in total. The van der Waals surface area contributed by atoms with Crippen LogP contribution in [0.4, 0.5) is 19.1 Å². The van der Waals surface area contributed by atoms with E-state index >= 15 is 0 Å². The highest BCUT2D eigenvalue weighted by molar-refractivity contribution is 5.67. The maximum absolute atomic E-state index is 12.5. The van der Waals surface area contributed by atoms with E-state index in [9.17, 15) is 18.0 Å². The number of carbonyl (C=O) groups is 1. The summed E-state index contributed by atoms with van der Waals surface area (Å²) in [7, 11) is 0. The Morgan fingerprint density at radius 1 is 1.50 bits per heavy atom. The van der Waals surface area contributed by atoms with Crippen LogP contribution < -0.4 is 5.73 Å². The minimum Gasteiger partial charge on any atom is -0.481 e. The molecule has 0 radical (unpaired) electrons. The molecule has 1 rings (SSSR count). The molecule has 0 saturated heterocycles. The summed E-state index contributed by atoms with van der Waals surface area (Å²) < 4.78 is 37.4. The summed E-state index contributed by atoms with van der Waals surface area (Å²) in [6, 6.07) is 0. The lowest BCUT2D eigenvalue weighted by molar-refractivity contribution is -0.142. The molecule has 0 spiro atoms. The molecule has 0 aromatic carbocycles. The Morgan fingerprint density at radius 2 is 2.12 bits per heavy atom. The van der Waals surface area contributed by atoms with Gasteiger partial charge in [-0.15, -0.1) is 0 Å². The topological polar surface area (TPSA) is 89.1 Å². The predicted molar refractivity (Wildman–Crippen MR) is 47.4 cm³/mol. The molecule has 0 amide bonds. The van der Waals surface area contributed by atoms with Crippen LogP contribution in [0.5, 0.6) is 0 Å². The number of halogens is 3. The van der Waals surface area contributed by atoms with E-state index in [1.54, 1.807) is 0 Å². The zero-order valence-electron chi connectivity index (χ0n) is 7.95. The van der Waals surface area contributed by atoms with E-state index in [1.807, 2.05) is 0 Å². The molecule has 0 atom stereocenters. The fourth-order valence-electron chi connectivity index (χ4n) is 1.09. The SMILES string of the molecule is Nc1ncc(CCC(=O)O)c(C(F)(F)F)n1. The number of aromatic nitrogens is 2. The number of hydrogen-bond acceptors (Lipinski definition) is 4. The molecule has 0 fully saturated rings. The van der Waals surface area contributed by atoms with Crippen LogP contribution in [0.15, 0.2) is 6.20 Å². The second kappa shape index (κ2) is 4.33. The summed E-state index contributed by atoms with van der Waals surface area (Å²) in [5.41, 5.74) is 3.59. The van der Waals surface area contributed by atoms with Crippen molar-refractivity contribution in [3.8, 4) is 0 Å². The third kappa shape index (κ3) is 3.07. The molecule has 3 N–H and O–H groups in total. The summed E-state index contributed by atoms with van der Waals surface area (Å²) in [4.78, 5) is 16.7. The van der Waals surface area contributed by atoms with Crippen LogP contribution in [0.25, 0.3) is 0 Å². The highest BCUT2D eigenvalue weighted by atomic mass is 19.4. The van der Waals surface area contributed by atoms with Gasteiger partial charge in [0.05, 0.1) is 0 Å². The Labute approximate surface area is 88.1 Å². The number of nitrogens with two attached hydrogens (primary N) is 1. The van der Waals surface area contributed by atoms with Crippen molar-refractivity contribution < 1.29 is 23.1 Å². The second-order valence-electron chi connectivity index (χ2n) is 2.99. The molecule has 0 aliphatic heterocycles. The van der Waals surface area contributed by atoms with Crippen molar-refractivity contribution >= 4 is 11.9 Å². The van der Waals surface area contributed by atoms with Crippen molar-refractivity contribution in [2.45, 2.75) is 19.0 Å². The van der Waals surface area contributed by atoms with Crippen LogP contribution in [0.2, 0.25) is 0 Å². The fourth-order valence-corrected chi connectivity index (χ4v) is 1.09. The first kappa shape index (κ1) is 12.2. The molecule has 0 saturated carbocycles. The second-order valence-corrected chi connectivity index (χ2v) is 2.99. The van der Waals surface area contributed by atoms with E-state index in [0.29, 0.717) is 0 Å². The normalized spacial score (nSPS) is 11.4. The van der Waals surface area contributed by atoms with Gasteiger partial charge in [-0.25, -0.2) is 9.97 Å². The van der Waals surface area contributed by atoms with Gasteiger partial charge in [-0.2, -0.15) is 13.2 Å². The van der Waals surface area contributed by atoms with E-state index in [-0.39, 0.29) is 12.0 Å². The van der Waals surface area contributed by atoms with E-state index in [0.717, 1.165) is 6.20 Å². The summed E-state index contributed by atoms with van der Waals surface area (Å²) in [5, 5.41) is 8.38. The van der Waals surface area contributed by atoms with Gasteiger partial charge in [-0.05, 0) is 6.42 Å². The number of aryl methyl sites for hydroxylation is 1. The predicted octanol–water partition coefficient (Wildman–Crippen LogP) is 1.09. The quantitative estimate of drug-likeness (QED) is 0.818. The zero-order valence-corrected chi connectivity index (χ0v) is 7.95. The first-order chi connectivity index (χ1) is 7.30. The number of anilines is 1. The summed E-state index contributed by atoms with van der Waals surface area (Å²) in [5.74, 6) is -1.68. The van der Waals surface area contributed by atoms with Gasteiger partial charge in [0.15, 0.2) is 5.69 Å². The van der Waals surface area contributed by atoms with Gasteiger partial charge in [-0.3, -0.25) is 4.79 Å². The van der Waals surface area contributed by atoms with Crippen molar-refractivity contribution in [1.82, 2.24) is 9.97 Å². The fraction of sp³-hybridized carbons (Fsp3) is 0.375. The van der Waals surface area contributed by atoms with E-state index in [2.05, 4.69) is 9.97 Å². The maximum atomic E-state index is 12.5. The average molecular weight is 235 g/mol. The van der Waals surface area contributed by atoms with Gasteiger partial charge in [0.25, 0.3) is 0 Å². The van der Waals surface area contributed by atoms with Crippen LogP contribution >= 0.6 is 0 Å². The first-order valence-electron chi connectivity index (χ1n) is 4.21. The van der Waals surface area contributed by atoms with Crippen LogP contribution in [0.3, 0.4) is 0 Å². The molecule has 16 heavy (non-hydrogen) atoms. The summed E-state index contributed by atoms with van der Waals surface area (Å²) in [6.07, 6.45) is -4.47. The largest absolute Gasteiger partial charge is 0.481 e. The maximum Gasteiger partial charge on any atom is 0.433 e. The molecule has 0 aliphatic rings. The van der Waals surface area contributed by atoms with Gasteiger partial charge >= 0.3 is 12.1 Å². The number of aliphatic carboxylic acids is 1. The van der Waals surface area contributed by atoms with E-state index in [1.165, 1.54) is 0 Å².